The monoisotopic (exact) mass is 511 g/mol. The van der Waals surface area contributed by atoms with Crippen LogP contribution >= 0.6 is 22.9 Å². The van der Waals surface area contributed by atoms with Gasteiger partial charge in [0.1, 0.15) is 23.1 Å². The Morgan fingerprint density at radius 3 is 2.40 bits per heavy atom. The van der Waals surface area contributed by atoms with Crippen LogP contribution in [0.4, 0.5) is 0 Å². The van der Waals surface area contributed by atoms with E-state index in [9.17, 15) is 9.59 Å². The highest BCUT2D eigenvalue weighted by Gasteiger charge is 2.29. The van der Waals surface area contributed by atoms with Crippen LogP contribution in [-0.2, 0) is 6.61 Å². The molecule has 4 rings (SSSR count). The quantitative estimate of drug-likeness (QED) is 0.390. The molecular formula is C27H30ClN3O3S. The summed E-state index contributed by atoms with van der Waals surface area (Å²) in [7, 11) is 0. The van der Waals surface area contributed by atoms with Crippen LogP contribution in [0, 0.1) is 0 Å². The van der Waals surface area contributed by atoms with Gasteiger partial charge in [-0.05, 0) is 54.7 Å². The van der Waals surface area contributed by atoms with E-state index in [0.717, 1.165) is 36.4 Å². The molecule has 2 aromatic carbocycles. The van der Waals surface area contributed by atoms with Gasteiger partial charge in [-0.3, -0.25) is 9.59 Å². The van der Waals surface area contributed by atoms with Gasteiger partial charge in [0.25, 0.3) is 11.8 Å². The summed E-state index contributed by atoms with van der Waals surface area (Å²) in [6.07, 6.45) is 3.62. The Balaban J connectivity index is 1.32. The molecule has 3 aromatic rings. The second-order valence-electron chi connectivity index (χ2n) is 9.09. The lowest BCUT2D eigenvalue weighted by Crippen LogP contribution is -2.53. The van der Waals surface area contributed by atoms with Gasteiger partial charge in [0, 0.05) is 28.0 Å². The van der Waals surface area contributed by atoms with Crippen molar-refractivity contribution < 1.29 is 14.3 Å². The molecule has 184 valence electrons. The zero-order valence-corrected chi connectivity index (χ0v) is 21.5. The summed E-state index contributed by atoms with van der Waals surface area (Å²) < 4.78 is 5.84. The largest absolute Gasteiger partial charge is 0.486 e. The second kappa shape index (κ2) is 11.7. The third-order valence-corrected chi connectivity index (χ3v) is 7.24. The molecule has 1 heterocycles. The second-order valence-corrected chi connectivity index (χ2v) is 10.5. The molecule has 0 spiro atoms. The molecule has 0 saturated heterocycles. The van der Waals surface area contributed by atoms with Crippen LogP contribution in [0.3, 0.4) is 0 Å². The SMILES string of the molecule is CC(C)c1ccc(OCc2nc(C(=O)NC3CCCCC3NC(=O)c3cccc(Cl)c3)cs2)cc1. The van der Waals surface area contributed by atoms with Gasteiger partial charge < -0.3 is 15.4 Å². The molecular weight excluding hydrogens is 482 g/mol. The summed E-state index contributed by atoms with van der Waals surface area (Å²) in [6, 6.07) is 14.6. The van der Waals surface area contributed by atoms with Crippen molar-refractivity contribution in [3.63, 3.8) is 0 Å². The standard InChI is InChI=1S/C27H30ClN3O3S/c1-17(2)18-10-12-21(13-11-18)34-15-25-29-24(16-35-25)27(33)31-23-9-4-3-8-22(23)30-26(32)19-6-5-7-20(28)14-19/h5-7,10-14,16-17,22-23H,3-4,8-9,15H2,1-2H3,(H,30,32)(H,31,33). The van der Waals surface area contributed by atoms with Crippen molar-refractivity contribution in [2.45, 2.75) is 64.1 Å². The first-order chi connectivity index (χ1) is 16.9. The predicted molar refractivity (Wildman–Crippen MR) is 139 cm³/mol. The number of amides is 2. The van der Waals surface area contributed by atoms with E-state index in [4.69, 9.17) is 16.3 Å². The first-order valence-corrected chi connectivity index (χ1v) is 13.2. The van der Waals surface area contributed by atoms with Crippen LogP contribution in [0.2, 0.25) is 5.02 Å². The lowest BCUT2D eigenvalue weighted by molar-refractivity contribution is 0.0860. The van der Waals surface area contributed by atoms with Gasteiger partial charge in [0.15, 0.2) is 0 Å². The number of halogens is 1. The molecule has 2 unspecified atom stereocenters. The fraction of sp³-hybridized carbons (Fsp3) is 0.370. The Morgan fingerprint density at radius 1 is 1.06 bits per heavy atom. The normalized spacial score (nSPS) is 17.7. The number of nitrogens with zero attached hydrogens (tertiary/aromatic N) is 1. The highest BCUT2D eigenvalue weighted by Crippen LogP contribution is 2.22. The van der Waals surface area contributed by atoms with E-state index in [2.05, 4.69) is 41.6 Å². The maximum atomic E-state index is 12.9. The Labute approximate surface area is 215 Å². The number of ether oxygens (including phenoxy) is 1. The Morgan fingerprint density at radius 2 is 1.74 bits per heavy atom. The topological polar surface area (TPSA) is 80.3 Å². The minimum absolute atomic E-state index is 0.144. The average Bonchev–Trinajstić information content (AvgIpc) is 3.33. The summed E-state index contributed by atoms with van der Waals surface area (Å²) in [4.78, 5) is 30.1. The molecule has 0 aliphatic heterocycles. The number of benzene rings is 2. The summed E-state index contributed by atoms with van der Waals surface area (Å²) in [6.45, 7) is 4.61. The Kier molecular flexibility index (Phi) is 8.42. The zero-order valence-electron chi connectivity index (χ0n) is 19.9. The van der Waals surface area contributed by atoms with Crippen molar-refractivity contribution in [2.75, 3.05) is 0 Å². The summed E-state index contributed by atoms with van der Waals surface area (Å²) in [5.74, 6) is 0.824. The van der Waals surface area contributed by atoms with Gasteiger partial charge in [-0.25, -0.2) is 4.98 Å². The number of thiazole rings is 1. The molecule has 0 radical (unpaired) electrons. The first-order valence-electron chi connectivity index (χ1n) is 11.9. The maximum absolute atomic E-state index is 12.9. The van der Waals surface area contributed by atoms with E-state index < -0.39 is 0 Å². The van der Waals surface area contributed by atoms with Crippen LogP contribution in [0.25, 0.3) is 0 Å². The number of carbonyl (C=O) groups excluding carboxylic acids is 2. The molecule has 1 aliphatic carbocycles. The third kappa shape index (κ3) is 6.83. The fourth-order valence-electron chi connectivity index (χ4n) is 4.18. The fourth-order valence-corrected chi connectivity index (χ4v) is 5.05. The molecule has 1 aliphatic rings. The maximum Gasteiger partial charge on any atom is 0.271 e. The van der Waals surface area contributed by atoms with Crippen molar-refractivity contribution in [3.05, 3.63) is 80.8 Å². The predicted octanol–water partition coefficient (Wildman–Crippen LogP) is 5.97. The number of hydrogen-bond donors (Lipinski definition) is 2. The van der Waals surface area contributed by atoms with E-state index in [0.29, 0.717) is 28.8 Å². The van der Waals surface area contributed by atoms with Crippen molar-refractivity contribution >= 4 is 34.8 Å². The molecule has 1 fully saturated rings. The van der Waals surface area contributed by atoms with E-state index in [1.165, 1.54) is 16.9 Å². The lowest BCUT2D eigenvalue weighted by atomic mass is 9.90. The van der Waals surface area contributed by atoms with Crippen molar-refractivity contribution in [2.24, 2.45) is 0 Å². The molecule has 2 atom stereocenters. The van der Waals surface area contributed by atoms with Crippen LogP contribution in [0.5, 0.6) is 5.75 Å². The van der Waals surface area contributed by atoms with Gasteiger partial charge in [-0.1, -0.05) is 56.5 Å². The van der Waals surface area contributed by atoms with Crippen LogP contribution in [0.15, 0.2) is 53.9 Å². The van der Waals surface area contributed by atoms with Gasteiger partial charge in [-0.15, -0.1) is 11.3 Å². The molecule has 0 bridgehead atoms. The van der Waals surface area contributed by atoms with Crippen molar-refractivity contribution in [1.29, 1.82) is 0 Å². The van der Waals surface area contributed by atoms with E-state index in [1.54, 1.807) is 29.6 Å². The summed E-state index contributed by atoms with van der Waals surface area (Å²) >= 11 is 7.42. The van der Waals surface area contributed by atoms with Crippen LogP contribution in [0.1, 0.15) is 76.9 Å². The van der Waals surface area contributed by atoms with Gasteiger partial charge >= 0.3 is 0 Å². The third-order valence-electron chi connectivity index (χ3n) is 6.18. The molecule has 35 heavy (non-hydrogen) atoms. The summed E-state index contributed by atoms with van der Waals surface area (Å²) in [5.41, 5.74) is 2.14. The van der Waals surface area contributed by atoms with E-state index in [1.807, 2.05) is 12.1 Å². The van der Waals surface area contributed by atoms with Crippen molar-refractivity contribution in [1.82, 2.24) is 15.6 Å². The van der Waals surface area contributed by atoms with Gasteiger partial charge in [0.2, 0.25) is 0 Å². The van der Waals surface area contributed by atoms with Gasteiger partial charge in [-0.2, -0.15) is 0 Å². The number of carbonyl (C=O) groups is 2. The number of rotatable bonds is 8. The number of aromatic nitrogens is 1. The molecule has 2 N–H and O–H groups in total. The molecule has 8 heteroatoms. The highest BCUT2D eigenvalue weighted by molar-refractivity contribution is 7.09. The van der Waals surface area contributed by atoms with Crippen LogP contribution in [-0.4, -0.2) is 28.9 Å². The smallest absolute Gasteiger partial charge is 0.271 e. The highest BCUT2D eigenvalue weighted by atomic mass is 35.5. The molecule has 6 nitrogen and oxygen atoms in total. The van der Waals surface area contributed by atoms with Gasteiger partial charge in [0.05, 0.1) is 0 Å². The first kappa shape index (κ1) is 25.2. The Bertz CT molecular complexity index is 1160. The number of hydrogen-bond acceptors (Lipinski definition) is 5. The minimum Gasteiger partial charge on any atom is -0.486 e. The van der Waals surface area contributed by atoms with E-state index in [-0.39, 0.29) is 23.9 Å². The molecule has 1 saturated carbocycles. The summed E-state index contributed by atoms with van der Waals surface area (Å²) in [5, 5.41) is 9.15. The minimum atomic E-state index is -0.234. The lowest BCUT2D eigenvalue weighted by Gasteiger charge is -2.32. The molecule has 1 aromatic heterocycles. The Hall–Kier alpha value is -2.90. The number of nitrogens with one attached hydrogen (secondary N) is 2. The van der Waals surface area contributed by atoms with E-state index >= 15 is 0 Å². The van der Waals surface area contributed by atoms with Crippen LogP contribution < -0.4 is 15.4 Å². The average molecular weight is 512 g/mol. The van der Waals surface area contributed by atoms with Crippen molar-refractivity contribution in [3.8, 4) is 5.75 Å². The zero-order chi connectivity index (χ0) is 24.8. The molecule has 2 amide bonds.